The van der Waals surface area contributed by atoms with Crippen LogP contribution in [0.3, 0.4) is 0 Å². The van der Waals surface area contributed by atoms with Crippen LogP contribution in [0, 0.1) is 0 Å². The number of halogens is 3. The highest BCUT2D eigenvalue weighted by atomic mass is 19.4. The second-order valence-electron chi connectivity index (χ2n) is 5.39. The van der Waals surface area contributed by atoms with Crippen molar-refractivity contribution in [1.29, 1.82) is 0 Å². The van der Waals surface area contributed by atoms with Crippen LogP contribution in [0.5, 0.6) is 5.75 Å². The van der Waals surface area contributed by atoms with Crippen molar-refractivity contribution in [3.05, 3.63) is 65.5 Å². The monoisotopic (exact) mass is 380 g/mol. The average Bonchev–Trinajstić information content (AvgIpc) is 2.96. The molecule has 1 heterocycles. The molecule has 1 aromatic heterocycles. The van der Waals surface area contributed by atoms with Gasteiger partial charge in [-0.25, -0.2) is 5.48 Å². The molecule has 0 aliphatic rings. The summed E-state index contributed by atoms with van der Waals surface area (Å²) in [6, 6.07) is 6.45. The molecule has 0 radical (unpaired) electrons. The number of carbonyl (C=O) groups excluding carboxylic acids is 2. The number of hydrogen-bond donors (Lipinski definition) is 2. The molecule has 2 N–H and O–H groups in total. The topological polar surface area (TPSA) is 80.6 Å². The van der Waals surface area contributed by atoms with E-state index in [1.807, 2.05) is 0 Å². The Kier molecular flexibility index (Phi) is 6.19. The number of allylic oxidation sites excluding steroid dienone is 1. The number of hydroxylamine groups is 1. The van der Waals surface area contributed by atoms with E-state index in [-0.39, 0.29) is 5.56 Å². The lowest BCUT2D eigenvalue weighted by Crippen LogP contribution is -2.17. The van der Waals surface area contributed by atoms with E-state index in [1.165, 1.54) is 35.8 Å². The molecule has 2 rings (SSSR count). The Morgan fingerprint density at radius 1 is 1.19 bits per heavy atom. The number of ketones is 1. The molecular weight excluding hydrogens is 365 g/mol. The van der Waals surface area contributed by atoms with E-state index in [0.717, 1.165) is 18.2 Å². The lowest BCUT2D eigenvalue weighted by molar-refractivity contribution is -0.274. The first kappa shape index (κ1) is 20.0. The summed E-state index contributed by atoms with van der Waals surface area (Å²) < 4.78 is 42.2. The predicted molar refractivity (Wildman–Crippen MR) is 90.9 cm³/mol. The number of nitrogens with zero attached hydrogens (tertiary/aromatic N) is 1. The molecule has 0 unspecified atom stereocenters. The molecule has 1 aromatic carbocycles. The molecule has 27 heavy (non-hydrogen) atoms. The Morgan fingerprint density at radius 2 is 1.93 bits per heavy atom. The zero-order chi connectivity index (χ0) is 20.0. The van der Waals surface area contributed by atoms with Crippen molar-refractivity contribution in [1.82, 2.24) is 10.0 Å². The van der Waals surface area contributed by atoms with Crippen LogP contribution in [0.15, 0.2) is 48.7 Å². The maximum absolute atomic E-state index is 12.3. The maximum Gasteiger partial charge on any atom is 0.573 e. The van der Waals surface area contributed by atoms with E-state index in [0.29, 0.717) is 11.3 Å². The Balaban J connectivity index is 2.12. The number of amides is 1. The number of hydrogen-bond acceptors (Lipinski definition) is 4. The molecule has 0 aliphatic heterocycles. The number of benzene rings is 1. The number of ether oxygens (including phenoxy) is 1. The molecule has 0 fully saturated rings. The first-order chi connectivity index (χ1) is 12.7. The van der Waals surface area contributed by atoms with Gasteiger partial charge in [0.1, 0.15) is 5.75 Å². The molecule has 142 valence electrons. The van der Waals surface area contributed by atoms with Crippen molar-refractivity contribution in [2.24, 2.45) is 7.05 Å². The number of aryl methyl sites for hydroxylation is 1. The Labute approximate surface area is 152 Å². The summed E-state index contributed by atoms with van der Waals surface area (Å²) in [6.07, 6.45) is 2.14. The van der Waals surface area contributed by atoms with Gasteiger partial charge in [-0.15, -0.1) is 13.2 Å². The zero-order valence-electron chi connectivity index (χ0n) is 14.0. The van der Waals surface area contributed by atoms with Crippen LogP contribution >= 0.6 is 0 Å². The van der Waals surface area contributed by atoms with Crippen LogP contribution in [0.2, 0.25) is 0 Å². The first-order valence-corrected chi connectivity index (χ1v) is 7.54. The van der Waals surface area contributed by atoms with Gasteiger partial charge in [0, 0.05) is 30.6 Å². The van der Waals surface area contributed by atoms with Gasteiger partial charge in [0.05, 0.1) is 0 Å². The molecule has 0 saturated carbocycles. The summed E-state index contributed by atoms with van der Waals surface area (Å²) in [5, 5.41) is 8.45. The summed E-state index contributed by atoms with van der Waals surface area (Å²) in [5.41, 5.74) is 2.78. The minimum atomic E-state index is -4.83. The van der Waals surface area contributed by atoms with E-state index in [2.05, 4.69) is 4.74 Å². The van der Waals surface area contributed by atoms with Gasteiger partial charge in [0.2, 0.25) is 0 Å². The SMILES string of the molecule is Cn1cc(/C=C/C(=O)c2cccc(OC(F)(F)F)c2)cc1/C=C/C(=O)NO. The third-order valence-electron chi connectivity index (χ3n) is 3.36. The van der Waals surface area contributed by atoms with Gasteiger partial charge in [-0.2, -0.15) is 0 Å². The van der Waals surface area contributed by atoms with E-state index < -0.39 is 23.8 Å². The average molecular weight is 380 g/mol. The van der Waals surface area contributed by atoms with Crippen molar-refractivity contribution < 1.29 is 32.7 Å². The molecule has 0 saturated heterocycles. The third-order valence-corrected chi connectivity index (χ3v) is 3.36. The summed E-state index contributed by atoms with van der Waals surface area (Å²) in [5.74, 6) is -1.66. The van der Waals surface area contributed by atoms with Crippen molar-refractivity contribution in [3.8, 4) is 5.75 Å². The Bertz CT molecular complexity index is 898. The van der Waals surface area contributed by atoms with Gasteiger partial charge < -0.3 is 9.30 Å². The summed E-state index contributed by atoms with van der Waals surface area (Å²) in [6.45, 7) is 0. The van der Waals surface area contributed by atoms with Crippen molar-refractivity contribution in [3.63, 3.8) is 0 Å². The smallest absolute Gasteiger partial charge is 0.406 e. The fourth-order valence-electron chi connectivity index (χ4n) is 2.18. The second-order valence-corrected chi connectivity index (χ2v) is 5.39. The van der Waals surface area contributed by atoms with Crippen molar-refractivity contribution in [2.75, 3.05) is 0 Å². The number of rotatable bonds is 6. The number of alkyl halides is 3. The molecule has 1 amide bonds. The van der Waals surface area contributed by atoms with Crippen LogP contribution in [-0.4, -0.2) is 27.8 Å². The molecule has 0 aliphatic carbocycles. The highest BCUT2D eigenvalue weighted by Crippen LogP contribution is 2.23. The number of nitrogens with one attached hydrogen (secondary N) is 1. The fraction of sp³-hybridized carbons (Fsp3) is 0.111. The normalized spacial score (nSPS) is 11.9. The lowest BCUT2D eigenvalue weighted by Gasteiger charge is -2.09. The quantitative estimate of drug-likeness (QED) is 0.349. The van der Waals surface area contributed by atoms with Crippen molar-refractivity contribution >= 4 is 23.8 Å². The summed E-state index contributed by atoms with van der Waals surface area (Å²) in [7, 11) is 1.72. The highest BCUT2D eigenvalue weighted by Gasteiger charge is 2.31. The largest absolute Gasteiger partial charge is 0.573 e. The molecule has 0 spiro atoms. The first-order valence-electron chi connectivity index (χ1n) is 7.54. The van der Waals surface area contributed by atoms with Crippen molar-refractivity contribution in [2.45, 2.75) is 6.36 Å². The van der Waals surface area contributed by atoms with Gasteiger partial charge in [-0.3, -0.25) is 14.8 Å². The molecule has 6 nitrogen and oxygen atoms in total. The van der Waals surface area contributed by atoms with Gasteiger partial charge >= 0.3 is 6.36 Å². The standard InChI is InChI=1S/C18H15F3N2O4/c1-23-11-12(9-14(23)6-8-17(25)22-26)5-7-16(24)13-3-2-4-15(10-13)27-18(19,20)21/h2-11,26H,1H3,(H,22,25)/b7-5+,8-6+. The zero-order valence-corrected chi connectivity index (χ0v) is 14.0. The third kappa shape index (κ3) is 6.15. The van der Waals surface area contributed by atoms with Gasteiger partial charge in [0.25, 0.3) is 5.91 Å². The van der Waals surface area contributed by atoms with Crippen LogP contribution in [0.25, 0.3) is 12.2 Å². The van der Waals surface area contributed by atoms with E-state index in [1.54, 1.807) is 23.9 Å². The van der Waals surface area contributed by atoms with E-state index >= 15 is 0 Å². The number of aromatic nitrogens is 1. The summed E-state index contributed by atoms with van der Waals surface area (Å²) in [4.78, 5) is 23.1. The highest BCUT2D eigenvalue weighted by molar-refractivity contribution is 6.07. The fourth-order valence-corrected chi connectivity index (χ4v) is 2.18. The van der Waals surface area contributed by atoms with Gasteiger partial charge in [-0.1, -0.05) is 12.1 Å². The predicted octanol–water partition coefficient (Wildman–Crippen LogP) is 3.34. The van der Waals surface area contributed by atoms with E-state index in [4.69, 9.17) is 5.21 Å². The maximum atomic E-state index is 12.3. The molecule has 0 atom stereocenters. The number of carbonyl (C=O) groups is 2. The molecular formula is C18H15F3N2O4. The Morgan fingerprint density at radius 3 is 2.59 bits per heavy atom. The second kappa shape index (κ2) is 8.37. The molecule has 0 bridgehead atoms. The van der Waals surface area contributed by atoms with Crippen LogP contribution in [0.1, 0.15) is 21.6 Å². The minimum absolute atomic E-state index is 0.0451. The minimum Gasteiger partial charge on any atom is -0.406 e. The van der Waals surface area contributed by atoms with Gasteiger partial charge in [0.15, 0.2) is 5.78 Å². The van der Waals surface area contributed by atoms with Crippen LogP contribution in [-0.2, 0) is 11.8 Å². The lowest BCUT2D eigenvalue weighted by atomic mass is 10.1. The van der Waals surface area contributed by atoms with E-state index in [9.17, 15) is 22.8 Å². The van der Waals surface area contributed by atoms with Crippen LogP contribution < -0.4 is 10.2 Å². The van der Waals surface area contributed by atoms with Gasteiger partial charge in [-0.05, 0) is 42.0 Å². The molecule has 9 heteroatoms. The van der Waals surface area contributed by atoms with Crippen LogP contribution in [0.4, 0.5) is 13.2 Å². The Hall–Kier alpha value is -3.33. The summed E-state index contributed by atoms with van der Waals surface area (Å²) >= 11 is 0. The molecule has 2 aromatic rings.